The van der Waals surface area contributed by atoms with Crippen LogP contribution >= 0.6 is 0 Å². The van der Waals surface area contributed by atoms with E-state index in [2.05, 4.69) is 5.32 Å². The number of hydrogen-bond donors (Lipinski definition) is 2. The van der Waals surface area contributed by atoms with E-state index < -0.39 is 0 Å². The van der Waals surface area contributed by atoms with Crippen molar-refractivity contribution in [2.24, 2.45) is 0 Å². The molecule has 0 bridgehead atoms. The molecule has 110 valence electrons. The van der Waals surface area contributed by atoms with Crippen LogP contribution in [0.5, 0.6) is 5.75 Å². The average Bonchev–Trinajstić information content (AvgIpc) is 2.55. The first-order valence-corrected chi connectivity index (χ1v) is 6.64. The normalized spacial score (nSPS) is 10.0. The van der Waals surface area contributed by atoms with Gasteiger partial charge in [-0.25, -0.2) is 4.79 Å². The van der Waals surface area contributed by atoms with Crippen molar-refractivity contribution in [1.29, 1.82) is 0 Å². The van der Waals surface area contributed by atoms with E-state index in [9.17, 15) is 4.79 Å². The first kappa shape index (κ1) is 14.9. The third kappa shape index (κ3) is 3.73. The number of para-hydroxylation sites is 1. The zero-order valence-corrected chi connectivity index (χ0v) is 11.8. The quantitative estimate of drug-likeness (QED) is 0.888. The summed E-state index contributed by atoms with van der Waals surface area (Å²) in [6.45, 7) is 0.106. The second-order valence-corrected chi connectivity index (χ2v) is 4.32. The number of urea groups is 1. The van der Waals surface area contributed by atoms with Gasteiger partial charge in [0, 0.05) is 6.54 Å². The molecule has 0 aliphatic heterocycles. The lowest BCUT2D eigenvalue weighted by Gasteiger charge is -2.23. The van der Waals surface area contributed by atoms with Gasteiger partial charge in [0.1, 0.15) is 5.75 Å². The molecule has 0 aromatic heterocycles. The third-order valence-electron chi connectivity index (χ3n) is 2.94. The Morgan fingerprint density at radius 3 is 2.29 bits per heavy atom. The van der Waals surface area contributed by atoms with Gasteiger partial charge in [-0.2, -0.15) is 0 Å². The first-order chi connectivity index (χ1) is 10.3. The van der Waals surface area contributed by atoms with E-state index in [0.29, 0.717) is 0 Å². The highest BCUT2D eigenvalue weighted by molar-refractivity contribution is 5.99. The summed E-state index contributed by atoms with van der Waals surface area (Å²) in [6.07, 6.45) is 0. The minimum atomic E-state index is -0.291. The Bertz CT molecular complexity index is 570. The highest BCUT2D eigenvalue weighted by Crippen LogP contribution is 2.27. The Morgan fingerprint density at radius 2 is 1.71 bits per heavy atom. The van der Waals surface area contributed by atoms with Crippen molar-refractivity contribution in [1.82, 2.24) is 5.32 Å². The van der Waals surface area contributed by atoms with Crippen molar-refractivity contribution in [3.63, 3.8) is 0 Å². The highest BCUT2D eigenvalue weighted by Gasteiger charge is 2.17. The molecule has 0 aliphatic carbocycles. The molecule has 2 rings (SSSR count). The van der Waals surface area contributed by atoms with Crippen LogP contribution in [0.25, 0.3) is 0 Å². The first-order valence-electron chi connectivity index (χ1n) is 6.64. The SMILES string of the molecule is COc1ccc(N(C(=O)NCCO)c2ccccc2)cc1. The lowest BCUT2D eigenvalue weighted by molar-refractivity contribution is 0.241. The van der Waals surface area contributed by atoms with Crippen LogP contribution in [0, 0.1) is 0 Å². The number of nitrogens with one attached hydrogen (secondary N) is 1. The van der Waals surface area contributed by atoms with Crippen LogP contribution in [-0.4, -0.2) is 31.4 Å². The van der Waals surface area contributed by atoms with Crippen molar-refractivity contribution in [2.45, 2.75) is 0 Å². The third-order valence-corrected chi connectivity index (χ3v) is 2.94. The van der Waals surface area contributed by atoms with Gasteiger partial charge in [-0.05, 0) is 36.4 Å². The molecule has 0 saturated carbocycles. The molecule has 21 heavy (non-hydrogen) atoms. The minimum absolute atomic E-state index is 0.100. The molecule has 0 unspecified atom stereocenters. The summed E-state index contributed by atoms with van der Waals surface area (Å²) in [5.74, 6) is 0.725. The molecule has 0 fully saturated rings. The maximum atomic E-state index is 12.3. The van der Waals surface area contributed by atoms with Crippen LogP contribution in [0.4, 0.5) is 16.2 Å². The highest BCUT2D eigenvalue weighted by atomic mass is 16.5. The van der Waals surface area contributed by atoms with Crippen LogP contribution in [0.15, 0.2) is 54.6 Å². The zero-order valence-electron chi connectivity index (χ0n) is 11.8. The monoisotopic (exact) mass is 286 g/mol. The Hall–Kier alpha value is -2.53. The van der Waals surface area contributed by atoms with Gasteiger partial charge in [0.15, 0.2) is 0 Å². The summed E-state index contributed by atoms with van der Waals surface area (Å²) in [4.78, 5) is 13.9. The summed E-state index contributed by atoms with van der Waals surface area (Å²) < 4.78 is 5.13. The molecule has 0 spiro atoms. The fourth-order valence-electron chi connectivity index (χ4n) is 1.93. The zero-order chi connectivity index (χ0) is 15.1. The molecule has 2 amide bonds. The van der Waals surface area contributed by atoms with Gasteiger partial charge in [0.05, 0.1) is 25.1 Å². The van der Waals surface area contributed by atoms with Crippen molar-refractivity contribution in [2.75, 3.05) is 25.2 Å². The lowest BCUT2D eigenvalue weighted by Crippen LogP contribution is -2.38. The fourth-order valence-corrected chi connectivity index (χ4v) is 1.93. The molecular weight excluding hydrogens is 268 g/mol. The van der Waals surface area contributed by atoms with Crippen LogP contribution in [0.2, 0.25) is 0 Å². The van der Waals surface area contributed by atoms with Gasteiger partial charge in [-0.3, -0.25) is 4.90 Å². The van der Waals surface area contributed by atoms with Crippen LogP contribution < -0.4 is 15.0 Å². The maximum absolute atomic E-state index is 12.3. The van der Waals surface area contributed by atoms with Crippen LogP contribution in [0.1, 0.15) is 0 Å². The van der Waals surface area contributed by atoms with Gasteiger partial charge >= 0.3 is 6.03 Å². The Labute approximate surface area is 123 Å². The number of anilines is 2. The van der Waals surface area contributed by atoms with Crippen LogP contribution in [-0.2, 0) is 0 Å². The van der Waals surface area contributed by atoms with E-state index in [1.807, 2.05) is 42.5 Å². The summed E-state index contributed by atoms with van der Waals surface area (Å²) in [6, 6.07) is 16.2. The van der Waals surface area contributed by atoms with E-state index in [1.165, 1.54) is 0 Å². The molecular formula is C16H18N2O3. The number of carbonyl (C=O) groups excluding carboxylic acids is 1. The summed E-state index contributed by atoms with van der Waals surface area (Å²) in [7, 11) is 1.60. The summed E-state index contributed by atoms with van der Waals surface area (Å²) in [5, 5.41) is 11.5. The van der Waals surface area contributed by atoms with E-state index in [-0.39, 0.29) is 19.2 Å². The van der Waals surface area contributed by atoms with Gasteiger partial charge < -0.3 is 15.2 Å². The summed E-state index contributed by atoms with van der Waals surface area (Å²) in [5.41, 5.74) is 1.47. The summed E-state index contributed by atoms with van der Waals surface area (Å²) >= 11 is 0. The van der Waals surface area contributed by atoms with Crippen molar-refractivity contribution >= 4 is 17.4 Å². The number of carbonyl (C=O) groups is 1. The second-order valence-electron chi connectivity index (χ2n) is 4.32. The predicted octanol–water partition coefficient (Wildman–Crippen LogP) is 2.54. The van der Waals surface area contributed by atoms with Gasteiger partial charge in [0.25, 0.3) is 0 Å². The number of rotatable bonds is 5. The molecule has 5 nitrogen and oxygen atoms in total. The molecule has 0 heterocycles. The fraction of sp³-hybridized carbons (Fsp3) is 0.188. The molecule has 0 radical (unpaired) electrons. The lowest BCUT2D eigenvalue weighted by atomic mass is 10.2. The molecule has 2 N–H and O–H groups in total. The van der Waals surface area contributed by atoms with Crippen molar-refractivity contribution in [3.05, 3.63) is 54.6 Å². The Kier molecular flexibility index (Phi) is 5.17. The number of amides is 2. The van der Waals surface area contributed by atoms with E-state index in [4.69, 9.17) is 9.84 Å². The predicted molar refractivity (Wildman–Crippen MR) is 82.1 cm³/mol. The van der Waals surface area contributed by atoms with E-state index >= 15 is 0 Å². The number of hydrogen-bond acceptors (Lipinski definition) is 3. The number of aliphatic hydroxyl groups is 1. The number of nitrogens with zero attached hydrogens (tertiary/aromatic N) is 1. The van der Waals surface area contributed by atoms with Crippen LogP contribution in [0.3, 0.4) is 0 Å². The number of methoxy groups -OCH3 is 1. The maximum Gasteiger partial charge on any atom is 0.326 e. The van der Waals surface area contributed by atoms with E-state index in [1.54, 1.807) is 24.1 Å². The number of benzene rings is 2. The number of aliphatic hydroxyl groups excluding tert-OH is 1. The minimum Gasteiger partial charge on any atom is -0.497 e. The van der Waals surface area contributed by atoms with Gasteiger partial charge in [0.2, 0.25) is 0 Å². The average molecular weight is 286 g/mol. The second kappa shape index (κ2) is 7.31. The Morgan fingerprint density at radius 1 is 1.10 bits per heavy atom. The molecule has 0 saturated heterocycles. The largest absolute Gasteiger partial charge is 0.497 e. The van der Waals surface area contributed by atoms with Gasteiger partial charge in [-0.1, -0.05) is 18.2 Å². The van der Waals surface area contributed by atoms with Gasteiger partial charge in [-0.15, -0.1) is 0 Å². The van der Waals surface area contributed by atoms with E-state index in [0.717, 1.165) is 17.1 Å². The molecule has 2 aromatic carbocycles. The molecule has 0 atom stereocenters. The molecule has 0 aliphatic rings. The number of ether oxygens (including phenoxy) is 1. The van der Waals surface area contributed by atoms with Crippen molar-refractivity contribution < 1.29 is 14.6 Å². The van der Waals surface area contributed by atoms with Crippen molar-refractivity contribution in [3.8, 4) is 5.75 Å². The standard InChI is InChI=1S/C16H18N2O3/c1-21-15-9-7-14(8-10-15)18(16(20)17-11-12-19)13-5-3-2-4-6-13/h2-10,19H,11-12H2,1H3,(H,17,20). The Balaban J connectivity index is 2.32. The molecule has 5 heteroatoms. The topological polar surface area (TPSA) is 61.8 Å². The molecule has 2 aromatic rings. The smallest absolute Gasteiger partial charge is 0.326 e.